The van der Waals surface area contributed by atoms with Gasteiger partial charge in [-0.05, 0) is 5.92 Å². The summed E-state index contributed by atoms with van der Waals surface area (Å²) in [4.78, 5) is 22.1. The first-order valence-corrected chi connectivity index (χ1v) is 5.30. The highest BCUT2D eigenvalue weighted by Crippen LogP contribution is 2.09. The second kappa shape index (κ2) is 7.87. The molecular weight excluding hydrogens is 208 g/mol. The first kappa shape index (κ1) is 14.6. The minimum Gasteiger partial charge on any atom is -0.481 e. The third-order valence-electron chi connectivity index (χ3n) is 2.22. The van der Waals surface area contributed by atoms with Crippen LogP contribution in [0.25, 0.3) is 0 Å². The fraction of sp³-hybridized carbons (Fsp3) is 0.636. The van der Waals surface area contributed by atoms with Gasteiger partial charge in [0.25, 0.3) is 0 Å². The molecule has 0 aliphatic heterocycles. The van der Waals surface area contributed by atoms with Crippen molar-refractivity contribution < 1.29 is 14.7 Å². The van der Waals surface area contributed by atoms with Crippen molar-refractivity contribution in [3.8, 4) is 0 Å². The van der Waals surface area contributed by atoms with Gasteiger partial charge in [0.05, 0.1) is 12.5 Å². The lowest BCUT2D eigenvalue weighted by molar-refractivity contribution is -0.143. The number of rotatable bonds is 8. The molecule has 1 amide bonds. The van der Waals surface area contributed by atoms with Crippen LogP contribution in [0.2, 0.25) is 0 Å². The summed E-state index contributed by atoms with van der Waals surface area (Å²) in [7, 11) is 0. The lowest BCUT2D eigenvalue weighted by Crippen LogP contribution is -2.39. The summed E-state index contributed by atoms with van der Waals surface area (Å²) in [6.07, 6.45) is 1.65. The highest BCUT2D eigenvalue weighted by Gasteiger charge is 2.21. The minimum atomic E-state index is -0.880. The van der Waals surface area contributed by atoms with Gasteiger partial charge in [-0.25, -0.2) is 0 Å². The van der Waals surface area contributed by atoms with Crippen LogP contribution in [0.3, 0.4) is 0 Å². The van der Waals surface area contributed by atoms with E-state index in [4.69, 9.17) is 5.11 Å². The quantitative estimate of drug-likeness (QED) is 0.410. The molecule has 92 valence electrons. The van der Waals surface area contributed by atoms with E-state index < -0.39 is 11.9 Å². The van der Waals surface area contributed by atoms with Gasteiger partial charge in [0.15, 0.2) is 0 Å². The zero-order valence-corrected chi connectivity index (χ0v) is 9.82. The number of hydrogen-bond acceptors (Lipinski definition) is 3. The van der Waals surface area contributed by atoms with Crippen molar-refractivity contribution in [2.24, 2.45) is 11.8 Å². The predicted molar refractivity (Wildman–Crippen MR) is 62.0 cm³/mol. The number of nitrogens with one attached hydrogen (secondary N) is 2. The van der Waals surface area contributed by atoms with Crippen molar-refractivity contribution in [2.75, 3.05) is 19.6 Å². The number of carbonyl (C=O) groups is 2. The fourth-order valence-electron chi connectivity index (χ4n) is 1.18. The smallest absolute Gasteiger partial charge is 0.308 e. The number of aliphatic carboxylic acids is 1. The van der Waals surface area contributed by atoms with E-state index in [1.165, 1.54) is 0 Å². The Morgan fingerprint density at radius 1 is 1.44 bits per heavy atom. The molecule has 0 aromatic carbocycles. The molecule has 0 bridgehead atoms. The summed E-state index contributed by atoms with van der Waals surface area (Å²) < 4.78 is 0. The van der Waals surface area contributed by atoms with Crippen molar-refractivity contribution >= 4 is 11.9 Å². The lowest BCUT2D eigenvalue weighted by Gasteiger charge is -2.16. The monoisotopic (exact) mass is 228 g/mol. The largest absolute Gasteiger partial charge is 0.481 e. The van der Waals surface area contributed by atoms with Crippen LogP contribution in [-0.2, 0) is 9.59 Å². The van der Waals surface area contributed by atoms with Gasteiger partial charge in [0.1, 0.15) is 0 Å². The number of carbonyl (C=O) groups excluding carboxylic acids is 1. The summed E-state index contributed by atoms with van der Waals surface area (Å²) in [6, 6.07) is 0. The third kappa shape index (κ3) is 6.19. The van der Waals surface area contributed by atoms with Crippen molar-refractivity contribution in [1.82, 2.24) is 10.6 Å². The molecule has 0 radical (unpaired) electrons. The van der Waals surface area contributed by atoms with Crippen LogP contribution in [-0.4, -0.2) is 36.6 Å². The van der Waals surface area contributed by atoms with Crippen LogP contribution in [0.15, 0.2) is 12.7 Å². The average molecular weight is 228 g/mol. The molecule has 1 atom stereocenters. The Kier molecular flexibility index (Phi) is 7.20. The average Bonchev–Trinajstić information content (AvgIpc) is 2.17. The van der Waals surface area contributed by atoms with E-state index in [2.05, 4.69) is 17.2 Å². The van der Waals surface area contributed by atoms with E-state index in [0.29, 0.717) is 6.54 Å². The third-order valence-corrected chi connectivity index (χ3v) is 2.22. The van der Waals surface area contributed by atoms with Gasteiger partial charge in [0.2, 0.25) is 5.91 Å². The number of hydrogen-bond donors (Lipinski definition) is 3. The van der Waals surface area contributed by atoms with Crippen LogP contribution in [0.4, 0.5) is 0 Å². The molecule has 5 nitrogen and oxygen atoms in total. The lowest BCUT2D eigenvalue weighted by atomic mass is 9.96. The Morgan fingerprint density at radius 3 is 2.50 bits per heavy atom. The molecule has 5 heteroatoms. The summed E-state index contributed by atoms with van der Waals surface area (Å²) >= 11 is 0. The Morgan fingerprint density at radius 2 is 2.06 bits per heavy atom. The first-order chi connectivity index (χ1) is 7.49. The molecule has 0 saturated carbocycles. The topological polar surface area (TPSA) is 78.4 Å². The van der Waals surface area contributed by atoms with Crippen molar-refractivity contribution in [3.63, 3.8) is 0 Å². The van der Waals surface area contributed by atoms with E-state index in [1.807, 2.05) is 13.8 Å². The normalized spacial score (nSPS) is 12.2. The molecule has 0 aliphatic rings. The molecule has 0 spiro atoms. The molecule has 0 fully saturated rings. The Labute approximate surface area is 95.9 Å². The van der Waals surface area contributed by atoms with Crippen LogP contribution < -0.4 is 10.6 Å². The molecule has 0 aromatic heterocycles. The van der Waals surface area contributed by atoms with Gasteiger partial charge in [-0.2, -0.15) is 0 Å². The molecule has 0 aliphatic carbocycles. The van der Waals surface area contributed by atoms with Gasteiger partial charge in [0, 0.05) is 13.1 Å². The maximum absolute atomic E-state index is 11.3. The molecule has 0 heterocycles. The number of amides is 1. The molecule has 16 heavy (non-hydrogen) atoms. The highest BCUT2D eigenvalue weighted by molar-refractivity contribution is 5.79. The van der Waals surface area contributed by atoms with E-state index in [0.717, 1.165) is 0 Å². The van der Waals surface area contributed by atoms with Crippen LogP contribution in [0.5, 0.6) is 0 Å². The molecule has 0 saturated heterocycles. The molecule has 3 N–H and O–H groups in total. The zero-order chi connectivity index (χ0) is 12.6. The van der Waals surface area contributed by atoms with E-state index >= 15 is 0 Å². The van der Waals surface area contributed by atoms with Crippen molar-refractivity contribution in [2.45, 2.75) is 13.8 Å². The van der Waals surface area contributed by atoms with Gasteiger partial charge < -0.3 is 15.7 Å². The van der Waals surface area contributed by atoms with Gasteiger partial charge >= 0.3 is 5.97 Å². The second-order valence-electron chi connectivity index (χ2n) is 3.91. The second-order valence-corrected chi connectivity index (χ2v) is 3.91. The predicted octanol–water partition coefficient (Wildman–Crippen LogP) is 0.235. The van der Waals surface area contributed by atoms with E-state index in [1.54, 1.807) is 6.08 Å². The Hall–Kier alpha value is -1.36. The van der Waals surface area contributed by atoms with Gasteiger partial charge in [-0.1, -0.05) is 19.9 Å². The number of carboxylic acid groups (broad SMARTS) is 1. The molecular formula is C11H20N2O3. The zero-order valence-electron chi connectivity index (χ0n) is 9.82. The Balaban J connectivity index is 3.87. The van der Waals surface area contributed by atoms with Gasteiger partial charge in [-0.15, -0.1) is 6.58 Å². The summed E-state index contributed by atoms with van der Waals surface area (Å²) in [6.45, 7) is 8.05. The van der Waals surface area contributed by atoms with Crippen LogP contribution >= 0.6 is 0 Å². The minimum absolute atomic E-state index is 0.000987. The van der Waals surface area contributed by atoms with Gasteiger partial charge in [-0.3, -0.25) is 9.59 Å². The van der Waals surface area contributed by atoms with Crippen LogP contribution in [0, 0.1) is 11.8 Å². The highest BCUT2D eigenvalue weighted by atomic mass is 16.4. The number of carboxylic acids is 1. The molecule has 0 rings (SSSR count). The maximum Gasteiger partial charge on any atom is 0.308 e. The van der Waals surface area contributed by atoms with E-state index in [-0.39, 0.29) is 24.9 Å². The Bertz CT molecular complexity index is 252. The van der Waals surface area contributed by atoms with Crippen molar-refractivity contribution in [1.29, 1.82) is 0 Å². The standard InChI is InChI=1S/C11H20N2O3/c1-4-5-12-7-10(14)13-6-9(8(2)3)11(15)16/h4,8-9,12H,1,5-7H2,2-3H3,(H,13,14)(H,15,16). The fourth-order valence-corrected chi connectivity index (χ4v) is 1.18. The molecule has 1 unspecified atom stereocenters. The van der Waals surface area contributed by atoms with Crippen molar-refractivity contribution in [3.05, 3.63) is 12.7 Å². The summed E-state index contributed by atoms with van der Waals surface area (Å²) in [5.41, 5.74) is 0. The maximum atomic E-state index is 11.3. The summed E-state index contributed by atoms with van der Waals surface area (Å²) in [5, 5.41) is 14.3. The van der Waals surface area contributed by atoms with Crippen LogP contribution in [0.1, 0.15) is 13.8 Å². The van der Waals surface area contributed by atoms with E-state index in [9.17, 15) is 9.59 Å². The first-order valence-electron chi connectivity index (χ1n) is 5.30. The molecule has 0 aromatic rings. The summed E-state index contributed by atoms with van der Waals surface area (Å²) in [5.74, 6) is -1.62. The SMILES string of the molecule is C=CCNCC(=O)NCC(C(=O)O)C(C)C.